The van der Waals surface area contributed by atoms with Gasteiger partial charge in [0.2, 0.25) is 0 Å². The minimum absolute atomic E-state index is 0.220. The second-order valence-electron chi connectivity index (χ2n) is 5.75. The third kappa shape index (κ3) is 3.61. The van der Waals surface area contributed by atoms with Crippen LogP contribution < -0.4 is 17.2 Å². The second-order valence-corrected chi connectivity index (χ2v) is 5.75. The van der Waals surface area contributed by atoms with Crippen LogP contribution in [0.25, 0.3) is 11.5 Å². The summed E-state index contributed by atoms with van der Waals surface area (Å²) < 4.78 is 18.9. The fraction of sp³-hybridized carbons (Fsp3) is 0.357. The van der Waals surface area contributed by atoms with Crippen molar-refractivity contribution in [1.82, 2.24) is 29.5 Å². The Morgan fingerprint density at radius 3 is 2.61 bits per heavy atom. The molecule has 1 fully saturated rings. The van der Waals surface area contributed by atoms with Crippen molar-refractivity contribution in [3.8, 4) is 11.5 Å². The first kappa shape index (κ1) is 19.6. The van der Waals surface area contributed by atoms with Crippen molar-refractivity contribution in [2.24, 2.45) is 0 Å². The number of nitrogen functional groups attached to an aromatic ring is 2. The monoisotopic (exact) mass is 396 g/mol. The van der Waals surface area contributed by atoms with E-state index in [1.165, 1.54) is 17.2 Å². The van der Waals surface area contributed by atoms with Gasteiger partial charge in [0, 0.05) is 6.20 Å². The Morgan fingerprint density at radius 1 is 1.25 bits per heavy atom. The largest absolute Gasteiger partial charge is 0.394 e. The van der Waals surface area contributed by atoms with Gasteiger partial charge in [0.05, 0.1) is 6.61 Å². The van der Waals surface area contributed by atoms with E-state index in [0.717, 1.165) is 6.20 Å². The predicted molar refractivity (Wildman–Crippen MR) is 91.1 cm³/mol. The molecule has 14 heteroatoms. The highest BCUT2D eigenvalue weighted by Crippen LogP contribution is 2.33. The van der Waals surface area contributed by atoms with Gasteiger partial charge in [-0.3, -0.25) is 4.57 Å². The van der Waals surface area contributed by atoms with E-state index in [-0.39, 0.29) is 11.6 Å². The summed E-state index contributed by atoms with van der Waals surface area (Å²) in [6, 6.07) is 0. The zero-order valence-electron chi connectivity index (χ0n) is 14.2. The molecule has 0 radical (unpaired) electrons. The van der Waals surface area contributed by atoms with Crippen molar-refractivity contribution in [3.63, 3.8) is 0 Å². The summed E-state index contributed by atoms with van der Waals surface area (Å²) >= 11 is 0. The lowest BCUT2D eigenvalue weighted by Crippen LogP contribution is -2.33. The number of ether oxygens (including phenoxy) is 1. The van der Waals surface area contributed by atoms with Gasteiger partial charge in [-0.15, -0.1) is 0 Å². The quantitative estimate of drug-likeness (QED) is 0.265. The van der Waals surface area contributed by atoms with Gasteiger partial charge in [0.15, 0.2) is 23.7 Å². The minimum Gasteiger partial charge on any atom is -0.394 e. The van der Waals surface area contributed by atoms with Crippen molar-refractivity contribution < 1.29 is 24.4 Å². The van der Waals surface area contributed by atoms with Gasteiger partial charge in [0.1, 0.15) is 42.5 Å². The molecule has 3 aliphatic heterocycles. The highest BCUT2D eigenvalue weighted by atomic mass is 19.1. The van der Waals surface area contributed by atoms with E-state index in [4.69, 9.17) is 21.3 Å². The molecule has 0 bridgehead atoms. The first-order chi connectivity index (χ1) is 13.3. The minimum atomic E-state index is -1.22. The molecule has 1 saturated heterocycles. The van der Waals surface area contributed by atoms with Crippen LogP contribution in [0.3, 0.4) is 0 Å². The highest BCUT2D eigenvalue weighted by Gasteiger charge is 2.44. The van der Waals surface area contributed by atoms with E-state index in [9.17, 15) is 19.4 Å². The molecule has 8 N–H and O–H groups in total. The Hall–Kier alpha value is -3.20. The summed E-state index contributed by atoms with van der Waals surface area (Å²) in [5.41, 5.74) is 10.6. The number of aromatic amines is 1. The van der Waals surface area contributed by atoms with Gasteiger partial charge in [-0.1, -0.05) is 0 Å². The van der Waals surface area contributed by atoms with Gasteiger partial charge in [-0.2, -0.15) is 4.98 Å². The molecule has 4 atom stereocenters. The molecule has 4 rings (SSSR count). The number of hydrogen-bond donors (Lipinski definition) is 6. The topological polar surface area (TPSA) is 211 Å². The van der Waals surface area contributed by atoms with E-state index in [1.807, 2.05) is 4.98 Å². The fourth-order valence-corrected chi connectivity index (χ4v) is 2.54. The van der Waals surface area contributed by atoms with Crippen molar-refractivity contribution in [2.45, 2.75) is 24.5 Å². The van der Waals surface area contributed by atoms with Crippen LogP contribution in [0.15, 0.2) is 23.6 Å². The fourth-order valence-electron chi connectivity index (χ4n) is 2.54. The molecular weight excluding hydrogens is 379 g/mol. The number of halogens is 1. The SMILES string of the molecule is Nc1c2ncnc-2ncn1[C@@H]1O[C@H](CO)[C@@H](O)[C@@H]1O.Nc1nc(=O)[nH]cc1F. The molecule has 0 amide bonds. The smallest absolute Gasteiger partial charge is 0.347 e. The number of imidazole rings is 1. The zero-order chi connectivity index (χ0) is 20.4. The van der Waals surface area contributed by atoms with Crippen LogP contribution in [0, 0.1) is 5.82 Å². The van der Waals surface area contributed by atoms with Crippen LogP contribution in [-0.2, 0) is 4.74 Å². The number of aliphatic hydroxyl groups is 3. The number of H-pyrrole nitrogens is 1. The Balaban J connectivity index is 0.000000211. The lowest BCUT2D eigenvalue weighted by atomic mass is 10.1. The van der Waals surface area contributed by atoms with Crippen molar-refractivity contribution >= 4 is 11.6 Å². The average Bonchev–Trinajstić information content (AvgIpc) is 3.26. The molecule has 150 valence electrons. The second kappa shape index (κ2) is 7.81. The average molecular weight is 396 g/mol. The molecule has 28 heavy (non-hydrogen) atoms. The maximum absolute atomic E-state index is 12.1. The summed E-state index contributed by atoms with van der Waals surface area (Å²) in [5, 5.41) is 28.7. The lowest BCUT2D eigenvalue weighted by molar-refractivity contribution is -0.0523. The molecule has 0 aromatic carbocycles. The van der Waals surface area contributed by atoms with E-state index in [1.54, 1.807) is 0 Å². The van der Waals surface area contributed by atoms with Crippen LogP contribution >= 0.6 is 0 Å². The van der Waals surface area contributed by atoms with Gasteiger partial charge < -0.3 is 36.5 Å². The number of nitrogens with two attached hydrogens (primary N) is 2. The number of anilines is 2. The van der Waals surface area contributed by atoms with Crippen LogP contribution in [-0.4, -0.2) is 69.7 Å². The lowest BCUT2D eigenvalue weighted by Gasteiger charge is -2.21. The molecule has 4 heterocycles. The van der Waals surface area contributed by atoms with Crippen LogP contribution in [0.1, 0.15) is 6.23 Å². The number of rotatable bonds is 2. The molecule has 13 nitrogen and oxygen atoms in total. The first-order valence-corrected chi connectivity index (χ1v) is 7.89. The summed E-state index contributed by atoms with van der Waals surface area (Å²) in [4.78, 5) is 27.2. The number of aliphatic hydroxyl groups excluding tert-OH is 3. The molecular formula is C14H17FN8O5. The van der Waals surface area contributed by atoms with E-state index >= 15 is 0 Å². The van der Waals surface area contributed by atoms with E-state index < -0.39 is 42.7 Å². The Morgan fingerprint density at radius 2 is 2.00 bits per heavy atom. The predicted octanol–water partition coefficient (Wildman–Crippen LogP) is -2.54. The highest BCUT2D eigenvalue weighted by molar-refractivity contribution is 5.64. The number of aromatic nitrogens is 6. The van der Waals surface area contributed by atoms with Crippen molar-refractivity contribution in [2.75, 3.05) is 18.1 Å². The van der Waals surface area contributed by atoms with Gasteiger partial charge >= 0.3 is 5.69 Å². The molecule has 0 unspecified atom stereocenters. The summed E-state index contributed by atoms with van der Waals surface area (Å²) in [6.07, 6.45) is -0.656. The van der Waals surface area contributed by atoms with Crippen molar-refractivity contribution in [3.05, 3.63) is 35.2 Å². The maximum atomic E-state index is 12.1. The standard InChI is InChI=1S/C10H13N5O4.C4H4FN3O/c11-8-5-9(13-2-12-5)14-3-15(8)10-7(18)6(17)4(1-16)19-10;5-2-1-7-4(9)8-3(2)6/h2-4,6-7,10,16-18H,1,11H2;1H,(H3,6,7,8,9)/t4-,6-,7+,10-;/m1./s1. The number of nitrogens with zero attached hydrogens (tertiary/aromatic N) is 5. The van der Waals surface area contributed by atoms with Crippen LogP contribution in [0.5, 0.6) is 0 Å². The molecule has 0 saturated carbocycles. The maximum Gasteiger partial charge on any atom is 0.347 e. The molecule has 1 aromatic rings. The number of nitrogens with one attached hydrogen (secondary N) is 1. The normalized spacial score (nSPS) is 24.1. The summed E-state index contributed by atoms with van der Waals surface area (Å²) in [7, 11) is 0. The summed E-state index contributed by atoms with van der Waals surface area (Å²) in [6.45, 7) is -0.402. The van der Waals surface area contributed by atoms with Gasteiger partial charge in [0.25, 0.3) is 0 Å². The third-order valence-corrected chi connectivity index (χ3v) is 3.98. The number of hydrogen-bond acceptors (Lipinski definition) is 11. The Labute approximate surface area is 155 Å². The third-order valence-electron chi connectivity index (χ3n) is 3.98. The van der Waals surface area contributed by atoms with Crippen LogP contribution in [0.4, 0.5) is 16.0 Å². The number of fused-ring (bicyclic) bond motifs is 1. The van der Waals surface area contributed by atoms with Crippen LogP contribution in [0.2, 0.25) is 0 Å². The molecule has 1 aromatic heterocycles. The van der Waals surface area contributed by atoms with E-state index in [2.05, 4.69) is 19.9 Å². The molecule has 0 spiro atoms. The summed E-state index contributed by atoms with van der Waals surface area (Å²) in [5.74, 6) is -0.480. The molecule has 3 aliphatic rings. The first-order valence-electron chi connectivity index (χ1n) is 7.89. The van der Waals surface area contributed by atoms with Gasteiger partial charge in [-0.05, 0) is 0 Å². The van der Waals surface area contributed by atoms with Gasteiger partial charge in [-0.25, -0.2) is 24.1 Å². The van der Waals surface area contributed by atoms with E-state index in [0.29, 0.717) is 11.5 Å². The zero-order valence-corrected chi connectivity index (χ0v) is 14.2. The Bertz CT molecular complexity index is 980. The molecule has 0 aliphatic carbocycles. The van der Waals surface area contributed by atoms with Crippen molar-refractivity contribution in [1.29, 1.82) is 0 Å². The Kier molecular flexibility index (Phi) is 5.46.